The monoisotopic (exact) mass is 302 g/mol. The van der Waals surface area contributed by atoms with Gasteiger partial charge in [-0.2, -0.15) is 4.98 Å². The highest BCUT2D eigenvalue weighted by atomic mass is 79.9. The van der Waals surface area contributed by atoms with Gasteiger partial charge in [0.25, 0.3) is 0 Å². The van der Waals surface area contributed by atoms with Crippen LogP contribution in [0, 0.1) is 5.82 Å². The van der Waals surface area contributed by atoms with E-state index in [1.807, 2.05) is 0 Å². The first-order valence-corrected chi connectivity index (χ1v) is 5.44. The Bertz CT molecular complexity index is 507. The minimum absolute atomic E-state index is 0.0615. The molecule has 0 aliphatic heterocycles. The maximum atomic E-state index is 12.8. The molecular weight excluding hydrogens is 298 g/mol. The smallest absolute Gasteiger partial charge is 0.323 e. The van der Waals surface area contributed by atoms with E-state index in [0.717, 1.165) is 6.20 Å². The molecule has 0 spiro atoms. The molecule has 0 saturated carbocycles. The van der Waals surface area contributed by atoms with Crippen LogP contribution in [0.1, 0.15) is 0 Å². The van der Waals surface area contributed by atoms with Crippen molar-refractivity contribution in [1.29, 1.82) is 0 Å². The second-order valence-electron chi connectivity index (χ2n) is 2.85. The van der Waals surface area contributed by atoms with E-state index in [1.165, 1.54) is 0 Å². The maximum absolute atomic E-state index is 12.8. The fraction of sp³-hybridized carbons (Fsp3) is 0. The molecule has 6 heteroatoms. The molecule has 0 saturated heterocycles. The molecule has 16 heavy (non-hydrogen) atoms. The van der Waals surface area contributed by atoms with Gasteiger partial charge in [0, 0.05) is 5.02 Å². The minimum atomic E-state index is -0.538. The van der Waals surface area contributed by atoms with Gasteiger partial charge in [-0.25, -0.2) is 9.37 Å². The predicted octanol–water partition coefficient (Wildman–Crippen LogP) is 3.82. The summed E-state index contributed by atoms with van der Waals surface area (Å²) in [7, 11) is 0. The Labute approximate surface area is 104 Å². The quantitative estimate of drug-likeness (QED) is 0.791. The predicted molar refractivity (Wildman–Crippen MR) is 61.2 cm³/mol. The van der Waals surface area contributed by atoms with Gasteiger partial charge >= 0.3 is 6.01 Å². The molecule has 3 nitrogen and oxygen atoms in total. The van der Waals surface area contributed by atoms with Gasteiger partial charge in [0.05, 0.1) is 6.20 Å². The first-order chi connectivity index (χ1) is 7.65. The molecule has 0 atom stereocenters. The summed E-state index contributed by atoms with van der Waals surface area (Å²) < 4.78 is 18.2. The van der Waals surface area contributed by atoms with E-state index in [1.54, 1.807) is 24.3 Å². The fourth-order valence-corrected chi connectivity index (χ4v) is 1.37. The molecule has 0 N–H and O–H groups in total. The lowest BCUT2D eigenvalue weighted by molar-refractivity contribution is 0.434. The number of hydrogen-bond acceptors (Lipinski definition) is 3. The summed E-state index contributed by atoms with van der Waals surface area (Å²) in [5.74, 6) is -0.00800. The van der Waals surface area contributed by atoms with Crippen LogP contribution in [0.25, 0.3) is 0 Å². The molecule has 0 fully saturated rings. The molecule has 1 aromatic heterocycles. The van der Waals surface area contributed by atoms with Crippen LogP contribution in [0.3, 0.4) is 0 Å². The summed E-state index contributed by atoms with van der Waals surface area (Å²) in [5, 5.41) is 0.605. The van der Waals surface area contributed by atoms with Crippen molar-refractivity contribution >= 4 is 27.5 Å². The Balaban J connectivity index is 2.20. The first kappa shape index (κ1) is 11.3. The van der Waals surface area contributed by atoms with Crippen LogP contribution >= 0.6 is 27.5 Å². The molecule has 0 unspecified atom stereocenters. The standard InChI is InChI=1S/C10H5BrClFN2O/c11-9-8(13)5-14-10(15-9)16-7-3-1-6(12)2-4-7/h1-5H. The third-order valence-electron chi connectivity index (χ3n) is 1.70. The average Bonchev–Trinajstić information content (AvgIpc) is 2.27. The summed E-state index contributed by atoms with van der Waals surface area (Å²) in [6.07, 6.45) is 1.03. The van der Waals surface area contributed by atoms with Gasteiger partial charge in [0.15, 0.2) is 5.82 Å². The van der Waals surface area contributed by atoms with Crippen molar-refractivity contribution in [2.24, 2.45) is 0 Å². The molecule has 1 aromatic carbocycles. The van der Waals surface area contributed by atoms with Gasteiger partial charge in [-0.3, -0.25) is 0 Å². The fourth-order valence-electron chi connectivity index (χ4n) is 0.989. The van der Waals surface area contributed by atoms with Crippen molar-refractivity contribution in [2.45, 2.75) is 0 Å². The van der Waals surface area contributed by atoms with Crippen LogP contribution in [-0.4, -0.2) is 9.97 Å². The lowest BCUT2D eigenvalue weighted by atomic mass is 10.3. The number of ether oxygens (including phenoxy) is 1. The minimum Gasteiger partial charge on any atom is -0.424 e. The topological polar surface area (TPSA) is 35.0 Å². The molecule has 82 valence electrons. The summed E-state index contributed by atoms with van der Waals surface area (Å²) in [6.45, 7) is 0. The number of nitrogens with zero attached hydrogens (tertiary/aromatic N) is 2. The van der Waals surface area contributed by atoms with Gasteiger partial charge in [-0.1, -0.05) is 11.6 Å². The van der Waals surface area contributed by atoms with Crippen molar-refractivity contribution in [3.05, 3.63) is 45.9 Å². The second kappa shape index (κ2) is 4.76. The number of halogens is 3. The van der Waals surface area contributed by atoms with Crippen LogP contribution in [0.4, 0.5) is 4.39 Å². The summed E-state index contributed by atoms with van der Waals surface area (Å²) >= 11 is 8.66. The molecular formula is C10H5BrClFN2O. The molecule has 2 aromatic rings. The van der Waals surface area contributed by atoms with Crippen LogP contribution in [0.2, 0.25) is 5.02 Å². The highest BCUT2D eigenvalue weighted by molar-refractivity contribution is 9.10. The zero-order valence-electron chi connectivity index (χ0n) is 7.82. The number of rotatable bonds is 2. The van der Waals surface area contributed by atoms with Crippen molar-refractivity contribution in [3.63, 3.8) is 0 Å². The van der Waals surface area contributed by atoms with Crippen LogP contribution in [0.15, 0.2) is 35.1 Å². The Hall–Kier alpha value is -1.20. The van der Waals surface area contributed by atoms with Gasteiger partial charge in [0.1, 0.15) is 10.4 Å². The maximum Gasteiger partial charge on any atom is 0.323 e. The SMILES string of the molecule is Fc1cnc(Oc2ccc(Cl)cc2)nc1Br. The number of aromatic nitrogens is 2. The molecule has 0 aliphatic carbocycles. The molecule has 0 aliphatic rings. The zero-order chi connectivity index (χ0) is 11.5. The lowest BCUT2D eigenvalue weighted by Gasteiger charge is -2.03. The molecule has 1 heterocycles. The van der Waals surface area contributed by atoms with Crippen molar-refractivity contribution in [3.8, 4) is 11.8 Å². The number of benzene rings is 1. The van der Waals surface area contributed by atoms with Crippen LogP contribution in [-0.2, 0) is 0 Å². The average molecular weight is 304 g/mol. The van der Waals surface area contributed by atoms with Crippen molar-refractivity contribution in [2.75, 3.05) is 0 Å². The third-order valence-corrected chi connectivity index (χ3v) is 2.51. The number of hydrogen-bond donors (Lipinski definition) is 0. The molecule has 0 radical (unpaired) electrons. The Kier molecular flexibility index (Phi) is 3.36. The highest BCUT2D eigenvalue weighted by Gasteiger charge is 2.05. The van der Waals surface area contributed by atoms with Gasteiger partial charge in [-0.15, -0.1) is 0 Å². The normalized spacial score (nSPS) is 10.2. The largest absolute Gasteiger partial charge is 0.424 e. The van der Waals surface area contributed by atoms with E-state index in [4.69, 9.17) is 16.3 Å². The summed E-state index contributed by atoms with van der Waals surface area (Å²) in [5.41, 5.74) is 0. The Morgan fingerprint density at radius 3 is 2.56 bits per heavy atom. The second-order valence-corrected chi connectivity index (χ2v) is 4.03. The third kappa shape index (κ3) is 2.68. The van der Waals surface area contributed by atoms with Crippen molar-refractivity contribution < 1.29 is 9.13 Å². The van der Waals surface area contributed by atoms with Crippen LogP contribution < -0.4 is 4.74 Å². The van der Waals surface area contributed by atoms with Crippen LogP contribution in [0.5, 0.6) is 11.8 Å². The van der Waals surface area contributed by atoms with E-state index < -0.39 is 5.82 Å². The lowest BCUT2D eigenvalue weighted by Crippen LogP contribution is -1.93. The van der Waals surface area contributed by atoms with Gasteiger partial charge < -0.3 is 4.74 Å². The Morgan fingerprint density at radius 1 is 1.25 bits per heavy atom. The zero-order valence-corrected chi connectivity index (χ0v) is 10.2. The van der Waals surface area contributed by atoms with Crippen molar-refractivity contribution in [1.82, 2.24) is 9.97 Å². The van der Waals surface area contributed by atoms with E-state index in [9.17, 15) is 4.39 Å². The molecule has 2 rings (SSSR count). The summed E-state index contributed by atoms with van der Waals surface area (Å²) in [4.78, 5) is 7.45. The molecule has 0 amide bonds. The summed E-state index contributed by atoms with van der Waals surface area (Å²) in [6, 6.07) is 6.76. The Morgan fingerprint density at radius 2 is 1.94 bits per heavy atom. The molecule has 0 bridgehead atoms. The van der Waals surface area contributed by atoms with E-state index in [2.05, 4.69) is 25.9 Å². The van der Waals surface area contributed by atoms with E-state index in [0.29, 0.717) is 10.8 Å². The first-order valence-electron chi connectivity index (χ1n) is 4.26. The van der Waals surface area contributed by atoms with Gasteiger partial charge in [0.2, 0.25) is 0 Å². The van der Waals surface area contributed by atoms with E-state index >= 15 is 0 Å². The van der Waals surface area contributed by atoms with E-state index in [-0.39, 0.29) is 10.6 Å². The van der Waals surface area contributed by atoms with Gasteiger partial charge in [-0.05, 0) is 40.2 Å². The highest BCUT2D eigenvalue weighted by Crippen LogP contribution is 2.21.